The lowest BCUT2D eigenvalue weighted by atomic mass is 9.98. The zero-order valence-corrected chi connectivity index (χ0v) is 11.2. The lowest BCUT2D eigenvalue weighted by Crippen LogP contribution is -2.41. The number of hydrogen-bond donors (Lipinski definition) is 1. The zero-order valence-electron chi connectivity index (χ0n) is 11.2. The van der Waals surface area contributed by atoms with Gasteiger partial charge < -0.3 is 5.73 Å². The second kappa shape index (κ2) is 6.14. The largest absolute Gasteiger partial charge is 0.326 e. The number of benzene rings is 1. The maximum Gasteiger partial charge on any atom is 0.128 e. The number of nitrogens with two attached hydrogens (primary N) is 1. The quantitative estimate of drug-likeness (QED) is 0.856. The van der Waals surface area contributed by atoms with Crippen LogP contribution in [-0.4, -0.2) is 23.5 Å². The fraction of sp³-hybridized carbons (Fsp3) is 0.533. The molecule has 2 N–H and O–H groups in total. The Kier molecular flexibility index (Phi) is 4.52. The number of nitriles is 1. The van der Waals surface area contributed by atoms with Crippen LogP contribution in [0.25, 0.3) is 0 Å². The van der Waals surface area contributed by atoms with E-state index >= 15 is 0 Å². The molecule has 0 aromatic heterocycles. The summed E-state index contributed by atoms with van der Waals surface area (Å²) in [6.45, 7) is 2.56. The highest BCUT2D eigenvalue weighted by Gasteiger charge is 2.36. The van der Waals surface area contributed by atoms with Crippen LogP contribution in [0, 0.1) is 17.1 Å². The van der Waals surface area contributed by atoms with E-state index in [0.29, 0.717) is 24.6 Å². The van der Waals surface area contributed by atoms with Crippen LogP contribution < -0.4 is 5.73 Å². The first kappa shape index (κ1) is 14.0. The highest BCUT2D eigenvalue weighted by Crippen LogP contribution is 2.36. The summed E-state index contributed by atoms with van der Waals surface area (Å²) < 4.78 is 14.0. The molecule has 19 heavy (non-hydrogen) atoms. The van der Waals surface area contributed by atoms with Crippen LogP contribution in [0.2, 0.25) is 0 Å². The number of halogens is 1. The SMILES string of the molecule is CC(N)C(c1ccccc1F)N(CCC#N)C1CC1. The summed E-state index contributed by atoms with van der Waals surface area (Å²) in [5.74, 6) is -0.215. The maximum atomic E-state index is 14.0. The Morgan fingerprint density at radius 2 is 2.16 bits per heavy atom. The zero-order chi connectivity index (χ0) is 13.8. The van der Waals surface area contributed by atoms with E-state index in [0.717, 1.165) is 12.8 Å². The van der Waals surface area contributed by atoms with Gasteiger partial charge in [0.2, 0.25) is 0 Å². The van der Waals surface area contributed by atoms with E-state index in [1.807, 2.05) is 13.0 Å². The molecule has 1 aromatic carbocycles. The average molecular weight is 261 g/mol. The Morgan fingerprint density at radius 3 is 2.68 bits per heavy atom. The molecule has 3 nitrogen and oxygen atoms in total. The fourth-order valence-corrected chi connectivity index (χ4v) is 2.61. The third-order valence-corrected chi connectivity index (χ3v) is 3.58. The fourth-order valence-electron chi connectivity index (χ4n) is 2.61. The van der Waals surface area contributed by atoms with Gasteiger partial charge in [-0.2, -0.15) is 5.26 Å². The molecule has 1 fully saturated rings. The van der Waals surface area contributed by atoms with Gasteiger partial charge in [-0.25, -0.2) is 4.39 Å². The molecule has 1 aromatic rings. The van der Waals surface area contributed by atoms with Crippen molar-refractivity contribution in [1.29, 1.82) is 5.26 Å². The normalized spacial score (nSPS) is 18.1. The van der Waals surface area contributed by atoms with Crippen molar-refractivity contribution < 1.29 is 4.39 Å². The van der Waals surface area contributed by atoms with Crippen LogP contribution >= 0.6 is 0 Å². The summed E-state index contributed by atoms with van der Waals surface area (Å²) in [6.07, 6.45) is 2.68. The molecule has 0 amide bonds. The third-order valence-electron chi connectivity index (χ3n) is 3.58. The number of nitrogens with zero attached hydrogens (tertiary/aromatic N) is 2. The molecule has 2 unspecified atom stereocenters. The molecule has 0 radical (unpaired) electrons. The second-order valence-electron chi connectivity index (χ2n) is 5.20. The molecule has 1 saturated carbocycles. The first-order valence-electron chi connectivity index (χ1n) is 6.78. The molecule has 102 valence electrons. The van der Waals surface area contributed by atoms with Crippen LogP contribution in [0.3, 0.4) is 0 Å². The van der Waals surface area contributed by atoms with E-state index in [1.54, 1.807) is 12.1 Å². The molecule has 2 rings (SSSR count). The Morgan fingerprint density at radius 1 is 1.47 bits per heavy atom. The summed E-state index contributed by atoms with van der Waals surface area (Å²) >= 11 is 0. The van der Waals surface area contributed by atoms with E-state index < -0.39 is 0 Å². The minimum Gasteiger partial charge on any atom is -0.326 e. The summed E-state index contributed by atoms with van der Waals surface area (Å²) in [5, 5.41) is 8.78. The van der Waals surface area contributed by atoms with E-state index in [9.17, 15) is 4.39 Å². The van der Waals surface area contributed by atoms with Gasteiger partial charge in [0, 0.05) is 30.6 Å². The van der Waals surface area contributed by atoms with E-state index in [1.165, 1.54) is 6.07 Å². The molecule has 1 aliphatic carbocycles. The molecule has 1 aliphatic rings. The van der Waals surface area contributed by atoms with Crippen LogP contribution in [0.15, 0.2) is 24.3 Å². The Labute approximate surface area is 113 Å². The Bertz CT molecular complexity index is 463. The Balaban J connectivity index is 2.27. The molecule has 0 saturated heterocycles. The standard InChI is InChI=1S/C15H20FN3/c1-11(18)15(13-5-2-3-6-14(13)16)19(10-4-9-17)12-7-8-12/h2-3,5-6,11-12,15H,4,7-8,10,18H2,1H3. The van der Waals surface area contributed by atoms with Gasteiger partial charge in [0.1, 0.15) is 5.82 Å². The molecule has 0 bridgehead atoms. The Hall–Kier alpha value is -1.44. The highest BCUT2D eigenvalue weighted by atomic mass is 19.1. The molecular weight excluding hydrogens is 241 g/mol. The monoisotopic (exact) mass is 261 g/mol. The number of hydrogen-bond acceptors (Lipinski definition) is 3. The van der Waals surface area contributed by atoms with Crippen molar-refractivity contribution in [2.75, 3.05) is 6.54 Å². The van der Waals surface area contributed by atoms with Crippen molar-refractivity contribution >= 4 is 0 Å². The maximum absolute atomic E-state index is 14.0. The number of rotatable bonds is 6. The first-order chi connectivity index (χ1) is 9.15. The molecule has 4 heteroatoms. The van der Waals surface area contributed by atoms with Gasteiger partial charge in [0.15, 0.2) is 0 Å². The summed E-state index contributed by atoms with van der Waals surface area (Å²) in [7, 11) is 0. The predicted octanol–water partition coefficient (Wildman–Crippen LogP) is 2.59. The molecule has 0 spiro atoms. The summed E-state index contributed by atoms with van der Waals surface area (Å²) in [4.78, 5) is 2.20. The van der Waals surface area contributed by atoms with Crippen LogP contribution in [0.1, 0.15) is 37.8 Å². The van der Waals surface area contributed by atoms with E-state index in [4.69, 9.17) is 11.0 Å². The van der Waals surface area contributed by atoms with Gasteiger partial charge in [0.25, 0.3) is 0 Å². The smallest absolute Gasteiger partial charge is 0.128 e. The van der Waals surface area contributed by atoms with Crippen molar-refractivity contribution in [3.05, 3.63) is 35.6 Å². The topological polar surface area (TPSA) is 53.0 Å². The second-order valence-corrected chi connectivity index (χ2v) is 5.20. The van der Waals surface area contributed by atoms with Crippen molar-refractivity contribution in [1.82, 2.24) is 4.90 Å². The molecule has 0 aliphatic heterocycles. The van der Waals surface area contributed by atoms with Crippen molar-refractivity contribution in [2.24, 2.45) is 5.73 Å². The van der Waals surface area contributed by atoms with E-state index in [2.05, 4.69) is 11.0 Å². The van der Waals surface area contributed by atoms with Gasteiger partial charge in [-0.3, -0.25) is 4.90 Å². The van der Waals surface area contributed by atoms with Crippen molar-refractivity contribution in [3.63, 3.8) is 0 Å². The minimum atomic E-state index is -0.215. The summed E-state index contributed by atoms with van der Waals surface area (Å²) in [6, 6.07) is 9.09. The van der Waals surface area contributed by atoms with Crippen molar-refractivity contribution in [2.45, 2.75) is 44.3 Å². The third kappa shape index (κ3) is 3.31. The minimum absolute atomic E-state index is 0.151. The van der Waals surface area contributed by atoms with Gasteiger partial charge in [-0.15, -0.1) is 0 Å². The van der Waals surface area contributed by atoms with Gasteiger partial charge in [-0.05, 0) is 25.8 Å². The van der Waals surface area contributed by atoms with Crippen LogP contribution in [0.4, 0.5) is 4.39 Å². The molecule has 0 heterocycles. The van der Waals surface area contributed by atoms with Crippen LogP contribution in [-0.2, 0) is 0 Å². The predicted molar refractivity (Wildman–Crippen MR) is 72.7 cm³/mol. The van der Waals surface area contributed by atoms with Gasteiger partial charge in [0.05, 0.1) is 12.1 Å². The van der Waals surface area contributed by atoms with Crippen LogP contribution in [0.5, 0.6) is 0 Å². The van der Waals surface area contributed by atoms with Gasteiger partial charge >= 0.3 is 0 Å². The lowest BCUT2D eigenvalue weighted by Gasteiger charge is -2.34. The van der Waals surface area contributed by atoms with Crippen molar-refractivity contribution in [3.8, 4) is 6.07 Å². The lowest BCUT2D eigenvalue weighted by molar-refractivity contribution is 0.166. The highest BCUT2D eigenvalue weighted by molar-refractivity contribution is 5.23. The first-order valence-corrected chi connectivity index (χ1v) is 6.78. The van der Waals surface area contributed by atoms with Gasteiger partial charge in [-0.1, -0.05) is 18.2 Å². The summed E-state index contributed by atoms with van der Waals surface area (Å²) in [5.41, 5.74) is 6.73. The van der Waals surface area contributed by atoms with E-state index in [-0.39, 0.29) is 17.9 Å². The average Bonchev–Trinajstić information content (AvgIpc) is 3.20. The molecular formula is C15H20FN3. The molecule has 2 atom stereocenters.